The summed E-state index contributed by atoms with van der Waals surface area (Å²) in [5.74, 6) is -0.543. The minimum atomic E-state index is -0.548. The number of nitrogens with zero attached hydrogens (tertiary/aromatic N) is 2. The van der Waals surface area contributed by atoms with Gasteiger partial charge in [0.15, 0.2) is 6.10 Å². The molecular weight excluding hydrogens is 456 g/mol. The predicted octanol–water partition coefficient (Wildman–Crippen LogP) is 2.39. The molecule has 1 aliphatic heterocycles. The van der Waals surface area contributed by atoms with Crippen LogP contribution in [0.1, 0.15) is 21.7 Å². The third-order valence-electron chi connectivity index (χ3n) is 4.75. The lowest BCUT2D eigenvalue weighted by atomic mass is 10.2. The Labute approximate surface area is 191 Å². The Balaban J connectivity index is 1.37. The van der Waals surface area contributed by atoms with Crippen LogP contribution in [-0.2, 0) is 27.4 Å². The van der Waals surface area contributed by atoms with Gasteiger partial charge in [0.25, 0.3) is 11.5 Å². The summed E-state index contributed by atoms with van der Waals surface area (Å²) in [5, 5.41) is 14.3. The lowest BCUT2D eigenvalue weighted by Gasteiger charge is -2.25. The van der Waals surface area contributed by atoms with Gasteiger partial charge in [-0.1, -0.05) is 23.7 Å². The van der Waals surface area contributed by atoms with E-state index in [0.29, 0.717) is 20.8 Å². The summed E-state index contributed by atoms with van der Waals surface area (Å²) < 4.78 is 16.5. The summed E-state index contributed by atoms with van der Waals surface area (Å²) in [5.41, 5.74) is 1.11. The van der Waals surface area contributed by atoms with Gasteiger partial charge in [0.1, 0.15) is 10.9 Å². The number of thiophene rings is 1. The van der Waals surface area contributed by atoms with Crippen LogP contribution in [0.5, 0.6) is 0 Å². The van der Waals surface area contributed by atoms with Gasteiger partial charge in [-0.25, -0.2) is 4.98 Å². The fourth-order valence-corrected chi connectivity index (χ4v) is 4.29. The largest absolute Gasteiger partial charge is 0.374 e. The molecule has 1 aliphatic rings. The first-order valence-corrected chi connectivity index (χ1v) is 11.0. The van der Waals surface area contributed by atoms with Gasteiger partial charge in [0.2, 0.25) is 5.82 Å². The third kappa shape index (κ3) is 5.32. The van der Waals surface area contributed by atoms with Gasteiger partial charge in [-0.2, -0.15) is 5.26 Å². The van der Waals surface area contributed by atoms with Crippen molar-refractivity contribution in [2.24, 2.45) is 0 Å². The number of fused-ring (bicyclic) bond motifs is 1. The first-order valence-electron chi connectivity index (χ1n) is 9.77. The molecule has 11 heteroatoms. The molecule has 32 heavy (non-hydrogen) atoms. The average molecular weight is 475 g/mol. The second-order valence-corrected chi connectivity index (χ2v) is 8.38. The Bertz CT molecular complexity index is 1210. The summed E-state index contributed by atoms with van der Waals surface area (Å²) in [6, 6.07) is 9.12. The molecule has 1 saturated heterocycles. The molecule has 9 nitrogen and oxygen atoms in total. The second kappa shape index (κ2) is 10.2. The van der Waals surface area contributed by atoms with Crippen LogP contribution in [-0.4, -0.2) is 47.9 Å². The summed E-state index contributed by atoms with van der Waals surface area (Å²) in [7, 11) is 0. The highest BCUT2D eigenvalue weighted by atomic mass is 35.5. The van der Waals surface area contributed by atoms with Crippen molar-refractivity contribution in [2.75, 3.05) is 19.8 Å². The Hall–Kier alpha value is -2.81. The van der Waals surface area contributed by atoms with E-state index in [9.17, 15) is 9.59 Å². The number of carbonyl (C=O) groups excluding carboxylic acids is 1. The van der Waals surface area contributed by atoms with E-state index < -0.39 is 17.6 Å². The van der Waals surface area contributed by atoms with Gasteiger partial charge in [-0.3, -0.25) is 9.59 Å². The van der Waals surface area contributed by atoms with Crippen molar-refractivity contribution < 1.29 is 19.0 Å². The van der Waals surface area contributed by atoms with Gasteiger partial charge >= 0.3 is 0 Å². The molecule has 4 rings (SSSR count). The van der Waals surface area contributed by atoms with E-state index in [-0.39, 0.29) is 44.9 Å². The number of benzene rings is 1. The fourth-order valence-electron chi connectivity index (χ4n) is 3.15. The highest BCUT2D eigenvalue weighted by Crippen LogP contribution is 2.22. The number of amides is 1. The van der Waals surface area contributed by atoms with Gasteiger partial charge < -0.3 is 24.5 Å². The molecule has 0 spiro atoms. The lowest BCUT2D eigenvalue weighted by molar-refractivity contribution is -0.137. The van der Waals surface area contributed by atoms with Crippen LogP contribution >= 0.6 is 22.9 Å². The maximum absolute atomic E-state index is 12.6. The van der Waals surface area contributed by atoms with Crippen LogP contribution in [0.15, 0.2) is 34.4 Å². The van der Waals surface area contributed by atoms with Crippen LogP contribution in [0.25, 0.3) is 10.2 Å². The molecule has 1 amide bonds. The smallest absolute Gasteiger partial charge is 0.287 e. The molecule has 166 valence electrons. The van der Waals surface area contributed by atoms with Crippen molar-refractivity contribution in [3.8, 4) is 6.07 Å². The van der Waals surface area contributed by atoms with E-state index in [1.54, 1.807) is 23.6 Å². The first-order chi connectivity index (χ1) is 15.5. The van der Waals surface area contributed by atoms with Crippen molar-refractivity contribution in [3.05, 3.63) is 62.0 Å². The molecule has 2 atom stereocenters. The van der Waals surface area contributed by atoms with Gasteiger partial charge in [0, 0.05) is 17.1 Å². The number of hydrogen-bond donors (Lipinski definition) is 2. The van der Waals surface area contributed by atoms with Gasteiger partial charge in [-0.05, 0) is 23.1 Å². The molecule has 3 heterocycles. The SMILES string of the molecule is N#CC1COC(COCc2csc3nc(C(=O)NCc4cccc(Cl)c4)[nH]c(=O)c23)CO1. The Morgan fingerprint density at radius 2 is 2.28 bits per heavy atom. The monoisotopic (exact) mass is 474 g/mol. The van der Waals surface area contributed by atoms with E-state index in [1.165, 1.54) is 11.3 Å². The second-order valence-electron chi connectivity index (χ2n) is 7.09. The van der Waals surface area contributed by atoms with Crippen LogP contribution < -0.4 is 10.9 Å². The molecule has 0 saturated carbocycles. The molecule has 3 aromatic rings. The van der Waals surface area contributed by atoms with Crippen molar-refractivity contribution in [3.63, 3.8) is 0 Å². The molecule has 2 aromatic heterocycles. The van der Waals surface area contributed by atoms with Crippen LogP contribution in [0.3, 0.4) is 0 Å². The van der Waals surface area contributed by atoms with Crippen molar-refractivity contribution >= 4 is 39.1 Å². The van der Waals surface area contributed by atoms with Gasteiger partial charge in [-0.15, -0.1) is 11.3 Å². The molecule has 0 bridgehead atoms. The van der Waals surface area contributed by atoms with E-state index in [2.05, 4.69) is 15.3 Å². The van der Waals surface area contributed by atoms with Crippen LogP contribution in [0.4, 0.5) is 0 Å². The molecule has 1 fully saturated rings. The number of hydrogen-bond acceptors (Lipinski definition) is 8. The average Bonchev–Trinajstić information content (AvgIpc) is 3.21. The Kier molecular flexibility index (Phi) is 7.14. The molecule has 0 aliphatic carbocycles. The standard InChI is InChI=1S/C21H19ClN4O5S/c22-14-3-1-2-12(4-14)6-24-20(28)18-25-19(27)17-13(11-32-21(17)26-18)7-29-8-16-10-30-15(5-23)9-31-16/h1-4,11,15-16H,6-10H2,(H,24,28)(H,25,26,27). The zero-order valence-corrected chi connectivity index (χ0v) is 18.4. The summed E-state index contributed by atoms with van der Waals surface area (Å²) in [6.45, 7) is 1.19. The summed E-state index contributed by atoms with van der Waals surface area (Å²) in [4.78, 5) is 32.4. The number of rotatable bonds is 7. The maximum atomic E-state index is 12.6. The number of H-pyrrole nitrogens is 1. The fraction of sp³-hybridized carbons (Fsp3) is 0.333. The zero-order chi connectivity index (χ0) is 22.5. The third-order valence-corrected chi connectivity index (χ3v) is 5.91. The predicted molar refractivity (Wildman–Crippen MR) is 118 cm³/mol. The normalized spacial score (nSPS) is 18.4. The molecule has 1 aromatic carbocycles. The first kappa shape index (κ1) is 22.4. The highest BCUT2D eigenvalue weighted by Gasteiger charge is 2.22. The van der Waals surface area contributed by atoms with E-state index >= 15 is 0 Å². The molecular formula is C21H19ClN4O5S. The van der Waals surface area contributed by atoms with Crippen LogP contribution in [0, 0.1) is 11.3 Å². The highest BCUT2D eigenvalue weighted by molar-refractivity contribution is 7.16. The molecule has 2 N–H and O–H groups in total. The van der Waals surface area contributed by atoms with Crippen LogP contribution in [0.2, 0.25) is 5.02 Å². The molecule has 0 radical (unpaired) electrons. The number of halogens is 1. The minimum Gasteiger partial charge on any atom is -0.374 e. The van der Waals surface area contributed by atoms with Crippen molar-refractivity contribution in [1.82, 2.24) is 15.3 Å². The van der Waals surface area contributed by atoms with E-state index in [0.717, 1.165) is 5.56 Å². The number of ether oxygens (including phenoxy) is 3. The maximum Gasteiger partial charge on any atom is 0.287 e. The van der Waals surface area contributed by atoms with Crippen molar-refractivity contribution in [1.29, 1.82) is 5.26 Å². The summed E-state index contributed by atoms with van der Waals surface area (Å²) >= 11 is 7.22. The quantitative estimate of drug-likeness (QED) is 0.538. The minimum absolute atomic E-state index is 0.0568. The number of aromatic amines is 1. The number of nitrogens with one attached hydrogen (secondary N) is 2. The zero-order valence-electron chi connectivity index (χ0n) is 16.8. The van der Waals surface area contributed by atoms with E-state index in [4.69, 9.17) is 31.1 Å². The topological polar surface area (TPSA) is 126 Å². The lowest BCUT2D eigenvalue weighted by Crippen LogP contribution is -2.37. The number of carbonyl (C=O) groups is 1. The number of nitriles is 1. The Morgan fingerprint density at radius 1 is 1.41 bits per heavy atom. The van der Waals surface area contributed by atoms with E-state index in [1.807, 2.05) is 12.1 Å². The molecule has 2 unspecified atom stereocenters. The van der Waals surface area contributed by atoms with Gasteiger partial charge in [0.05, 0.1) is 37.9 Å². The Morgan fingerprint density at radius 3 is 3.03 bits per heavy atom. The number of aromatic nitrogens is 2. The van der Waals surface area contributed by atoms with Crippen molar-refractivity contribution in [2.45, 2.75) is 25.4 Å². The summed E-state index contributed by atoms with van der Waals surface area (Å²) in [6.07, 6.45) is -0.815.